The molecule has 0 aliphatic carbocycles. The van der Waals surface area contributed by atoms with Crippen LogP contribution in [0.25, 0.3) is 0 Å². The number of amides is 1. The van der Waals surface area contributed by atoms with Gasteiger partial charge in [0.25, 0.3) is 0 Å². The lowest BCUT2D eigenvalue weighted by atomic mass is 9.97. The van der Waals surface area contributed by atoms with E-state index in [2.05, 4.69) is 10.6 Å². The molecule has 0 saturated carbocycles. The smallest absolute Gasteiger partial charge is 0.223 e. The topological polar surface area (TPSA) is 59.6 Å². The Morgan fingerprint density at radius 2 is 2.05 bits per heavy atom. The highest BCUT2D eigenvalue weighted by atomic mass is 16.5. The van der Waals surface area contributed by atoms with Crippen LogP contribution in [0, 0.1) is 5.92 Å². The largest absolute Gasteiger partial charge is 0.497 e. The summed E-state index contributed by atoms with van der Waals surface area (Å²) in [5.41, 5.74) is 0.925. The van der Waals surface area contributed by atoms with E-state index in [9.17, 15) is 4.79 Å². The molecule has 2 N–H and O–H groups in total. The van der Waals surface area contributed by atoms with E-state index in [1.807, 2.05) is 18.2 Å². The molecule has 1 saturated heterocycles. The quantitative estimate of drug-likeness (QED) is 0.853. The molecule has 1 amide bonds. The van der Waals surface area contributed by atoms with Crippen molar-refractivity contribution in [2.45, 2.75) is 19.4 Å². The highest BCUT2D eigenvalue weighted by Crippen LogP contribution is 2.24. The Kier molecular flexibility index (Phi) is 5.24. The SMILES string of the molecule is COc1ccc(OC)c(CNC(=O)C2CCNCC2)c1. The van der Waals surface area contributed by atoms with Crippen molar-refractivity contribution in [3.63, 3.8) is 0 Å². The predicted molar refractivity (Wildman–Crippen MR) is 77.0 cm³/mol. The third-order valence-electron chi connectivity index (χ3n) is 3.65. The number of carbonyl (C=O) groups excluding carboxylic acids is 1. The van der Waals surface area contributed by atoms with Crippen molar-refractivity contribution < 1.29 is 14.3 Å². The van der Waals surface area contributed by atoms with E-state index in [0.29, 0.717) is 6.54 Å². The summed E-state index contributed by atoms with van der Waals surface area (Å²) in [5, 5.41) is 6.25. The Balaban J connectivity index is 1.96. The molecule has 0 unspecified atom stereocenters. The summed E-state index contributed by atoms with van der Waals surface area (Å²) in [5.74, 6) is 1.76. The molecule has 0 spiro atoms. The molecule has 20 heavy (non-hydrogen) atoms. The molecule has 0 bridgehead atoms. The van der Waals surface area contributed by atoms with Crippen molar-refractivity contribution in [1.82, 2.24) is 10.6 Å². The van der Waals surface area contributed by atoms with Crippen molar-refractivity contribution >= 4 is 5.91 Å². The van der Waals surface area contributed by atoms with Gasteiger partial charge in [-0.3, -0.25) is 4.79 Å². The summed E-state index contributed by atoms with van der Waals surface area (Å²) in [6.45, 7) is 2.30. The minimum Gasteiger partial charge on any atom is -0.497 e. The molecule has 0 atom stereocenters. The van der Waals surface area contributed by atoms with Crippen molar-refractivity contribution in [2.75, 3.05) is 27.3 Å². The third-order valence-corrected chi connectivity index (χ3v) is 3.65. The van der Waals surface area contributed by atoms with E-state index in [-0.39, 0.29) is 11.8 Å². The van der Waals surface area contributed by atoms with Gasteiger partial charge in [-0.1, -0.05) is 0 Å². The molecule has 1 aliphatic rings. The summed E-state index contributed by atoms with van der Waals surface area (Å²) in [6, 6.07) is 5.59. The van der Waals surface area contributed by atoms with Gasteiger partial charge < -0.3 is 20.1 Å². The fourth-order valence-electron chi connectivity index (χ4n) is 2.43. The molecule has 1 heterocycles. The van der Waals surface area contributed by atoms with Crippen molar-refractivity contribution in [1.29, 1.82) is 0 Å². The van der Waals surface area contributed by atoms with Crippen LogP contribution in [0.3, 0.4) is 0 Å². The molecular formula is C15H22N2O3. The molecule has 2 rings (SSSR count). The highest BCUT2D eigenvalue weighted by Gasteiger charge is 2.20. The number of piperidine rings is 1. The van der Waals surface area contributed by atoms with Gasteiger partial charge in [0.05, 0.1) is 14.2 Å². The van der Waals surface area contributed by atoms with Crippen LogP contribution in [0.4, 0.5) is 0 Å². The van der Waals surface area contributed by atoms with Crippen LogP contribution in [0.15, 0.2) is 18.2 Å². The number of hydrogen-bond acceptors (Lipinski definition) is 4. The standard InChI is InChI=1S/C15H22N2O3/c1-19-13-3-4-14(20-2)12(9-13)10-17-15(18)11-5-7-16-8-6-11/h3-4,9,11,16H,5-8,10H2,1-2H3,(H,17,18). The Morgan fingerprint density at radius 1 is 1.30 bits per heavy atom. The van der Waals surface area contributed by atoms with Crippen LogP contribution < -0.4 is 20.1 Å². The average molecular weight is 278 g/mol. The molecule has 5 heteroatoms. The third kappa shape index (κ3) is 3.63. The maximum Gasteiger partial charge on any atom is 0.223 e. The lowest BCUT2D eigenvalue weighted by molar-refractivity contribution is -0.125. The summed E-state index contributed by atoms with van der Waals surface area (Å²) in [4.78, 5) is 12.1. The van der Waals surface area contributed by atoms with Crippen LogP contribution in [-0.4, -0.2) is 33.2 Å². The second-order valence-electron chi connectivity index (χ2n) is 4.92. The van der Waals surface area contributed by atoms with Crippen LogP contribution in [0.1, 0.15) is 18.4 Å². The fourth-order valence-corrected chi connectivity index (χ4v) is 2.43. The van der Waals surface area contributed by atoms with Crippen LogP contribution in [-0.2, 0) is 11.3 Å². The fraction of sp³-hybridized carbons (Fsp3) is 0.533. The van der Waals surface area contributed by atoms with E-state index in [1.54, 1.807) is 14.2 Å². The predicted octanol–water partition coefficient (Wildman–Crippen LogP) is 1.32. The molecule has 1 aromatic rings. The highest BCUT2D eigenvalue weighted by molar-refractivity contribution is 5.78. The van der Waals surface area contributed by atoms with Crippen molar-refractivity contribution in [2.24, 2.45) is 5.92 Å². The van der Waals surface area contributed by atoms with Gasteiger partial charge in [-0.15, -0.1) is 0 Å². The van der Waals surface area contributed by atoms with Crippen LogP contribution in [0.2, 0.25) is 0 Å². The van der Waals surface area contributed by atoms with Gasteiger partial charge in [0.2, 0.25) is 5.91 Å². The van der Waals surface area contributed by atoms with Gasteiger partial charge in [0, 0.05) is 18.0 Å². The number of rotatable bonds is 5. The first kappa shape index (κ1) is 14.7. The second-order valence-corrected chi connectivity index (χ2v) is 4.92. The summed E-state index contributed by atoms with van der Waals surface area (Å²) < 4.78 is 10.5. The molecule has 1 aliphatic heterocycles. The monoisotopic (exact) mass is 278 g/mol. The Labute approximate surface area is 119 Å². The summed E-state index contributed by atoms with van der Waals surface area (Å²) in [7, 11) is 3.25. The number of methoxy groups -OCH3 is 2. The van der Waals surface area contributed by atoms with Crippen molar-refractivity contribution in [3.8, 4) is 11.5 Å². The van der Waals surface area contributed by atoms with E-state index in [1.165, 1.54) is 0 Å². The first-order valence-corrected chi connectivity index (χ1v) is 6.94. The van der Waals surface area contributed by atoms with Crippen LogP contribution in [0.5, 0.6) is 11.5 Å². The first-order chi connectivity index (χ1) is 9.74. The van der Waals surface area contributed by atoms with Gasteiger partial charge in [-0.05, 0) is 44.1 Å². The Hall–Kier alpha value is -1.75. The Morgan fingerprint density at radius 3 is 2.70 bits per heavy atom. The maximum atomic E-state index is 12.1. The number of benzene rings is 1. The van der Waals surface area contributed by atoms with E-state index >= 15 is 0 Å². The average Bonchev–Trinajstić information content (AvgIpc) is 2.53. The molecular weight excluding hydrogens is 256 g/mol. The van der Waals surface area contributed by atoms with Gasteiger partial charge >= 0.3 is 0 Å². The summed E-state index contributed by atoms with van der Waals surface area (Å²) in [6.07, 6.45) is 1.81. The number of ether oxygens (including phenoxy) is 2. The zero-order valence-corrected chi connectivity index (χ0v) is 12.1. The molecule has 0 aromatic heterocycles. The van der Waals surface area contributed by atoms with E-state index in [4.69, 9.17) is 9.47 Å². The number of hydrogen-bond donors (Lipinski definition) is 2. The minimum atomic E-state index is 0.118. The number of nitrogens with one attached hydrogen (secondary N) is 2. The minimum absolute atomic E-state index is 0.118. The zero-order chi connectivity index (χ0) is 14.4. The normalized spacial score (nSPS) is 15.7. The molecule has 1 fully saturated rings. The lowest BCUT2D eigenvalue weighted by Crippen LogP contribution is -2.37. The zero-order valence-electron chi connectivity index (χ0n) is 12.1. The molecule has 0 radical (unpaired) electrons. The Bertz CT molecular complexity index is 456. The van der Waals surface area contributed by atoms with E-state index in [0.717, 1.165) is 43.0 Å². The summed E-state index contributed by atoms with van der Waals surface area (Å²) >= 11 is 0. The first-order valence-electron chi connectivity index (χ1n) is 6.94. The molecule has 5 nitrogen and oxygen atoms in total. The van der Waals surface area contributed by atoms with E-state index < -0.39 is 0 Å². The number of carbonyl (C=O) groups is 1. The molecule has 1 aromatic carbocycles. The van der Waals surface area contributed by atoms with Gasteiger partial charge in [0.15, 0.2) is 0 Å². The van der Waals surface area contributed by atoms with Crippen LogP contribution >= 0.6 is 0 Å². The van der Waals surface area contributed by atoms with Gasteiger partial charge in [-0.2, -0.15) is 0 Å². The second kappa shape index (κ2) is 7.14. The van der Waals surface area contributed by atoms with Crippen molar-refractivity contribution in [3.05, 3.63) is 23.8 Å². The van der Waals surface area contributed by atoms with Gasteiger partial charge in [-0.25, -0.2) is 0 Å². The maximum absolute atomic E-state index is 12.1. The lowest BCUT2D eigenvalue weighted by Gasteiger charge is -2.22. The van der Waals surface area contributed by atoms with Gasteiger partial charge in [0.1, 0.15) is 11.5 Å². The molecule has 110 valence electrons.